The summed E-state index contributed by atoms with van der Waals surface area (Å²) < 4.78 is 0. The van der Waals surface area contributed by atoms with Gasteiger partial charge in [-0.05, 0) is 55.2 Å². The number of hydrogen-bond acceptors (Lipinski definition) is 3. The van der Waals surface area contributed by atoms with Crippen LogP contribution >= 0.6 is 12.4 Å². The van der Waals surface area contributed by atoms with Crippen LogP contribution in [0.15, 0.2) is 42.5 Å². The highest BCUT2D eigenvalue weighted by Crippen LogP contribution is 2.21. The Morgan fingerprint density at radius 1 is 1.15 bits per heavy atom. The Labute approximate surface area is 160 Å². The zero-order chi connectivity index (χ0) is 17.8. The van der Waals surface area contributed by atoms with E-state index in [4.69, 9.17) is 5.73 Å². The van der Waals surface area contributed by atoms with Crippen LogP contribution in [0.3, 0.4) is 0 Å². The average Bonchev–Trinajstić information content (AvgIpc) is 2.63. The zero-order valence-electron chi connectivity index (χ0n) is 14.8. The van der Waals surface area contributed by atoms with Crippen LogP contribution in [0.25, 0.3) is 0 Å². The molecule has 0 radical (unpaired) electrons. The lowest BCUT2D eigenvalue weighted by molar-refractivity contribution is -0.119. The number of piperidine rings is 1. The van der Waals surface area contributed by atoms with Gasteiger partial charge in [0.15, 0.2) is 0 Å². The summed E-state index contributed by atoms with van der Waals surface area (Å²) in [5.41, 5.74) is 9.73. The maximum atomic E-state index is 12.3. The molecule has 1 fully saturated rings. The fraction of sp³-hybridized carbons (Fsp3) is 0.300. The van der Waals surface area contributed by atoms with Gasteiger partial charge in [-0.2, -0.15) is 0 Å². The molecule has 0 saturated carbocycles. The van der Waals surface area contributed by atoms with Gasteiger partial charge < -0.3 is 16.0 Å². The van der Waals surface area contributed by atoms with E-state index in [1.165, 1.54) is 0 Å². The van der Waals surface area contributed by atoms with E-state index in [2.05, 4.69) is 5.32 Å². The van der Waals surface area contributed by atoms with E-state index >= 15 is 0 Å². The van der Waals surface area contributed by atoms with Gasteiger partial charge in [-0.3, -0.25) is 9.59 Å². The lowest BCUT2D eigenvalue weighted by atomic mass is 10.1. The molecule has 5 nitrogen and oxygen atoms in total. The standard InChI is InChI=1S/C20H23N3O2.ClH/c1-14-5-8-16(21)12-18(14)20(25)22-13-15-6-9-17(10-7-15)23-11-3-2-4-19(23)24;/h5-10,12H,2-4,11,13,21H2,1H3,(H,22,25);1H. The second-order valence-corrected chi connectivity index (χ2v) is 6.43. The van der Waals surface area contributed by atoms with Crippen molar-refractivity contribution >= 4 is 35.6 Å². The molecule has 138 valence electrons. The molecule has 26 heavy (non-hydrogen) atoms. The second kappa shape index (κ2) is 8.72. The number of anilines is 2. The highest BCUT2D eigenvalue weighted by Gasteiger charge is 2.19. The molecule has 2 aromatic rings. The smallest absolute Gasteiger partial charge is 0.251 e. The third kappa shape index (κ3) is 4.55. The van der Waals surface area contributed by atoms with E-state index < -0.39 is 0 Å². The van der Waals surface area contributed by atoms with Gasteiger partial charge in [0.1, 0.15) is 0 Å². The topological polar surface area (TPSA) is 75.4 Å². The second-order valence-electron chi connectivity index (χ2n) is 6.43. The van der Waals surface area contributed by atoms with Gasteiger partial charge in [-0.25, -0.2) is 0 Å². The predicted octanol–water partition coefficient (Wildman–Crippen LogP) is 3.45. The lowest BCUT2D eigenvalue weighted by Gasteiger charge is -2.26. The number of nitrogens with zero attached hydrogens (tertiary/aromatic N) is 1. The van der Waals surface area contributed by atoms with Gasteiger partial charge in [0, 0.05) is 36.4 Å². The third-order valence-corrected chi connectivity index (χ3v) is 4.53. The number of nitrogens with two attached hydrogens (primary N) is 1. The molecule has 1 saturated heterocycles. The number of nitrogens with one attached hydrogen (secondary N) is 1. The molecule has 1 aliphatic rings. The van der Waals surface area contributed by atoms with E-state index in [0.29, 0.717) is 24.2 Å². The van der Waals surface area contributed by atoms with Crippen LogP contribution < -0.4 is 16.0 Å². The molecule has 1 aliphatic heterocycles. The van der Waals surface area contributed by atoms with Gasteiger partial charge in [0.05, 0.1) is 0 Å². The van der Waals surface area contributed by atoms with Crippen molar-refractivity contribution in [2.75, 3.05) is 17.2 Å². The molecule has 2 amide bonds. The first-order valence-corrected chi connectivity index (χ1v) is 8.58. The summed E-state index contributed by atoms with van der Waals surface area (Å²) in [4.78, 5) is 26.1. The number of carbonyl (C=O) groups excluding carboxylic acids is 2. The molecule has 2 aromatic carbocycles. The Hall–Kier alpha value is -2.53. The molecule has 0 aliphatic carbocycles. The normalized spacial score (nSPS) is 13.9. The Kier molecular flexibility index (Phi) is 6.64. The van der Waals surface area contributed by atoms with Crippen LogP contribution in [0.1, 0.15) is 40.7 Å². The number of nitrogen functional groups attached to an aromatic ring is 1. The highest BCUT2D eigenvalue weighted by atomic mass is 35.5. The summed E-state index contributed by atoms with van der Waals surface area (Å²) in [6.45, 7) is 3.10. The summed E-state index contributed by atoms with van der Waals surface area (Å²) >= 11 is 0. The molecule has 6 heteroatoms. The molecular formula is C20H24ClN3O2. The monoisotopic (exact) mass is 373 g/mol. The van der Waals surface area contributed by atoms with E-state index in [9.17, 15) is 9.59 Å². The maximum Gasteiger partial charge on any atom is 0.251 e. The number of rotatable bonds is 4. The third-order valence-electron chi connectivity index (χ3n) is 4.53. The SMILES string of the molecule is Cc1ccc(N)cc1C(=O)NCc1ccc(N2CCCCC2=O)cc1.Cl. The van der Waals surface area contributed by atoms with Gasteiger partial charge in [-0.15, -0.1) is 12.4 Å². The summed E-state index contributed by atoms with van der Waals surface area (Å²) in [6.07, 6.45) is 2.64. The van der Waals surface area contributed by atoms with E-state index in [1.54, 1.807) is 12.1 Å². The number of benzene rings is 2. The zero-order valence-corrected chi connectivity index (χ0v) is 15.6. The first-order valence-electron chi connectivity index (χ1n) is 8.58. The van der Waals surface area contributed by atoms with Crippen LogP contribution in [0.4, 0.5) is 11.4 Å². The average molecular weight is 374 g/mol. The quantitative estimate of drug-likeness (QED) is 0.806. The van der Waals surface area contributed by atoms with Crippen molar-refractivity contribution in [1.29, 1.82) is 0 Å². The van der Waals surface area contributed by atoms with Gasteiger partial charge in [0.25, 0.3) is 5.91 Å². The number of aryl methyl sites for hydroxylation is 1. The van der Waals surface area contributed by atoms with Crippen molar-refractivity contribution in [2.24, 2.45) is 0 Å². The van der Waals surface area contributed by atoms with Crippen LogP contribution in [-0.4, -0.2) is 18.4 Å². The Balaban J connectivity index is 0.00000243. The molecule has 3 N–H and O–H groups in total. The highest BCUT2D eigenvalue weighted by molar-refractivity contribution is 5.96. The van der Waals surface area contributed by atoms with Crippen molar-refractivity contribution in [3.8, 4) is 0 Å². The molecule has 1 heterocycles. The molecule has 0 spiro atoms. The molecule has 0 bridgehead atoms. The van der Waals surface area contributed by atoms with Crippen LogP contribution in [-0.2, 0) is 11.3 Å². The number of amides is 2. The van der Waals surface area contributed by atoms with Crippen molar-refractivity contribution in [1.82, 2.24) is 5.32 Å². The largest absolute Gasteiger partial charge is 0.399 e. The minimum absolute atomic E-state index is 0. The molecule has 0 unspecified atom stereocenters. The minimum atomic E-state index is -0.139. The number of carbonyl (C=O) groups is 2. The Morgan fingerprint density at radius 2 is 1.88 bits per heavy atom. The van der Waals surface area contributed by atoms with E-state index in [1.807, 2.05) is 42.2 Å². The molecule has 3 rings (SSSR count). The lowest BCUT2D eigenvalue weighted by Crippen LogP contribution is -2.35. The van der Waals surface area contributed by atoms with E-state index in [-0.39, 0.29) is 24.2 Å². The van der Waals surface area contributed by atoms with Gasteiger partial charge >= 0.3 is 0 Å². The summed E-state index contributed by atoms with van der Waals surface area (Å²) in [7, 11) is 0. The minimum Gasteiger partial charge on any atom is -0.399 e. The summed E-state index contributed by atoms with van der Waals surface area (Å²) in [5.74, 6) is 0.0459. The summed E-state index contributed by atoms with van der Waals surface area (Å²) in [5, 5.41) is 2.92. The Morgan fingerprint density at radius 3 is 2.58 bits per heavy atom. The molecule has 0 atom stereocenters. The fourth-order valence-corrected chi connectivity index (χ4v) is 3.03. The van der Waals surface area contributed by atoms with Crippen molar-refractivity contribution in [3.05, 3.63) is 59.2 Å². The fourth-order valence-electron chi connectivity index (χ4n) is 3.03. The van der Waals surface area contributed by atoms with E-state index in [0.717, 1.165) is 36.2 Å². The maximum absolute atomic E-state index is 12.3. The molecular weight excluding hydrogens is 350 g/mol. The van der Waals surface area contributed by atoms with Crippen LogP contribution in [0.2, 0.25) is 0 Å². The van der Waals surface area contributed by atoms with Gasteiger partial charge in [0.2, 0.25) is 5.91 Å². The first kappa shape index (κ1) is 19.8. The van der Waals surface area contributed by atoms with Crippen LogP contribution in [0.5, 0.6) is 0 Å². The van der Waals surface area contributed by atoms with Gasteiger partial charge in [-0.1, -0.05) is 18.2 Å². The van der Waals surface area contributed by atoms with Crippen molar-refractivity contribution in [3.63, 3.8) is 0 Å². The number of hydrogen-bond donors (Lipinski definition) is 2. The van der Waals surface area contributed by atoms with Crippen molar-refractivity contribution in [2.45, 2.75) is 32.7 Å². The number of halogens is 1. The Bertz CT molecular complexity index is 790. The molecule has 0 aromatic heterocycles. The summed E-state index contributed by atoms with van der Waals surface area (Å²) in [6, 6.07) is 13.1. The van der Waals surface area contributed by atoms with Crippen LogP contribution in [0, 0.1) is 6.92 Å². The predicted molar refractivity (Wildman–Crippen MR) is 107 cm³/mol. The van der Waals surface area contributed by atoms with Crippen molar-refractivity contribution < 1.29 is 9.59 Å². The first-order chi connectivity index (χ1) is 12.0.